The molecule has 2 aromatic carbocycles. The molecule has 0 aliphatic heterocycles. The lowest BCUT2D eigenvalue weighted by Crippen LogP contribution is -2.25. The summed E-state index contributed by atoms with van der Waals surface area (Å²) in [6, 6.07) is 20.7. The summed E-state index contributed by atoms with van der Waals surface area (Å²) in [7, 11) is 0. The van der Waals surface area contributed by atoms with Crippen molar-refractivity contribution in [2.24, 2.45) is 0 Å². The van der Waals surface area contributed by atoms with E-state index in [4.69, 9.17) is 4.74 Å². The number of nitrogens with zero attached hydrogens (tertiary/aromatic N) is 2. The molecule has 116 valence electrons. The van der Waals surface area contributed by atoms with E-state index in [-0.39, 0.29) is 5.56 Å². The van der Waals surface area contributed by atoms with Crippen LogP contribution in [0.1, 0.15) is 0 Å². The van der Waals surface area contributed by atoms with Crippen LogP contribution in [0.5, 0.6) is 5.75 Å². The average Bonchev–Trinajstić information content (AvgIpc) is 2.57. The van der Waals surface area contributed by atoms with Crippen molar-refractivity contribution in [3.63, 3.8) is 0 Å². The predicted octanol–water partition coefficient (Wildman–Crippen LogP) is 3.75. The lowest BCUT2D eigenvalue weighted by molar-refractivity contribution is 0.288. The monoisotopic (exact) mass is 370 g/mol. The Labute approximate surface area is 142 Å². The van der Waals surface area contributed by atoms with Gasteiger partial charge in [0.05, 0.1) is 12.2 Å². The van der Waals surface area contributed by atoms with Crippen LogP contribution in [0.3, 0.4) is 0 Å². The molecular weight excluding hydrogens is 356 g/mol. The van der Waals surface area contributed by atoms with E-state index in [0.29, 0.717) is 13.2 Å². The first kappa shape index (κ1) is 15.5. The van der Waals surface area contributed by atoms with Crippen LogP contribution in [0.15, 0.2) is 76.0 Å². The van der Waals surface area contributed by atoms with Crippen LogP contribution in [-0.2, 0) is 6.54 Å². The Morgan fingerprint density at radius 1 is 1.00 bits per heavy atom. The molecule has 5 heteroatoms. The van der Waals surface area contributed by atoms with E-state index in [1.54, 1.807) is 6.07 Å². The van der Waals surface area contributed by atoms with Crippen molar-refractivity contribution in [2.75, 3.05) is 6.61 Å². The van der Waals surface area contributed by atoms with Gasteiger partial charge in [-0.05, 0) is 24.3 Å². The second-order valence-electron chi connectivity index (χ2n) is 4.95. The first-order valence-electron chi connectivity index (χ1n) is 7.24. The Morgan fingerprint density at radius 3 is 2.61 bits per heavy atom. The fraction of sp³-hybridized carbons (Fsp3) is 0.111. The summed E-state index contributed by atoms with van der Waals surface area (Å²) in [5.41, 5.74) is 1.62. The van der Waals surface area contributed by atoms with Gasteiger partial charge in [-0.1, -0.05) is 52.3 Å². The van der Waals surface area contributed by atoms with E-state index in [2.05, 4.69) is 21.0 Å². The smallest absolute Gasteiger partial charge is 0.266 e. The Morgan fingerprint density at radius 2 is 1.83 bits per heavy atom. The Bertz CT molecular complexity index is 847. The van der Waals surface area contributed by atoms with Crippen molar-refractivity contribution < 1.29 is 4.74 Å². The molecule has 0 saturated carbocycles. The fourth-order valence-electron chi connectivity index (χ4n) is 2.18. The minimum Gasteiger partial charge on any atom is -0.492 e. The summed E-state index contributed by atoms with van der Waals surface area (Å²) < 4.78 is 8.05. The number of rotatable bonds is 5. The quantitative estimate of drug-likeness (QED) is 0.686. The molecule has 0 aliphatic rings. The highest BCUT2D eigenvalue weighted by Crippen LogP contribution is 2.17. The average molecular weight is 371 g/mol. The highest BCUT2D eigenvalue weighted by Gasteiger charge is 2.03. The van der Waals surface area contributed by atoms with Crippen molar-refractivity contribution in [1.29, 1.82) is 0 Å². The largest absolute Gasteiger partial charge is 0.492 e. The van der Waals surface area contributed by atoms with Gasteiger partial charge in [-0.2, -0.15) is 5.10 Å². The number of benzene rings is 2. The van der Waals surface area contributed by atoms with Crippen LogP contribution >= 0.6 is 15.9 Å². The van der Waals surface area contributed by atoms with Gasteiger partial charge in [-0.15, -0.1) is 0 Å². The van der Waals surface area contributed by atoms with Crippen molar-refractivity contribution in [3.05, 3.63) is 81.6 Å². The van der Waals surface area contributed by atoms with E-state index in [0.717, 1.165) is 21.5 Å². The van der Waals surface area contributed by atoms with Gasteiger partial charge in [0.15, 0.2) is 0 Å². The molecule has 3 rings (SSSR count). The van der Waals surface area contributed by atoms with E-state index in [9.17, 15) is 4.79 Å². The van der Waals surface area contributed by atoms with Gasteiger partial charge >= 0.3 is 0 Å². The van der Waals surface area contributed by atoms with E-state index >= 15 is 0 Å². The second-order valence-corrected chi connectivity index (χ2v) is 5.87. The highest BCUT2D eigenvalue weighted by atomic mass is 79.9. The van der Waals surface area contributed by atoms with E-state index < -0.39 is 0 Å². The molecule has 0 atom stereocenters. The standard InChI is InChI=1S/C18H15BrN2O2/c19-15-7-4-8-16(13-15)23-12-11-21-18(22)10-9-17(20-21)14-5-2-1-3-6-14/h1-10,13H,11-12H2. The van der Waals surface area contributed by atoms with Crippen molar-refractivity contribution >= 4 is 15.9 Å². The third-order valence-electron chi connectivity index (χ3n) is 3.30. The molecule has 0 radical (unpaired) electrons. The Hall–Kier alpha value is -2.40. The maximum absolute atomic E-state index is 11.9. The molecule has 0 spiro atoms. The molecule has 1 aromatic heterocycles. The highest BCUT2D eigenvalue weighted by molar-refractivity contribution is 9.10. The summed E-state index contributed by atoms with van der Waals surface area (Å²) in [5.74, 6) is 0.756. The molecule has 0 amide bonds. The first-order valence-corrected chi connectivity index (χ1v) is 8.04. The number of halogens is 1. The van der Waals surface area contributed by atoms with Gasteiger partial charge in [0.25, 0.3) is 5.56 Å². The summed E-state index contributed by atoms with van der Waals surface area (Å²) in [6.45, 7) is 0.771. The van der Waals surface area contributed by atoms with Gasteiger partial charge in [-0.3, -0.25) is 4.79 Å². The lowest BCUT2D eigenvalue weighted by Gasteiger charge is -2.09. The van der Waals surface area contributed by atoms with Crippen LogP contribution < -0.4 is 10.3 Å². The zero-order valence-corrected chi connectivity index (χ0v) is 13.9. The minimum atomic E-state index is -0.137. The van der Waals surface area contributed by atoms with Gasteiger partial charge in [0.1, 0.15) is 12.4 Å². The lowest BCUT2D eigenvalue weighted by atomic mass is 10.1. The first-order chi connectivity index (χ1) is 11.2. The molecule has 0 saturated heterocycles. The topological polar surface area (TPSA) is 44.1 Å². The fourth-order valence-corrected chi connectivity index (χ4v) is 2.56. The van der Waals surface area contributed by atoms with Crippen molar-refractivity contribution in [2.45, 2.75) is 6.54 Å². The third kappa shape index (κ3) is 4.07. The normalized spacial score (nSPS) is 10.5. The minimum absolute atomic E-state index is 0.137. The summed E-state index contributed by atoms with van der Waals surface area (Å²) in [4.78, 5) is 11.9. The summed E-state index contributed by atoms with van der Waals surface area (Å²) >= 11 is 3.40. The predicted molar refractivity (Wildman–Crippen MR) is 93.6 cm³/mol. The Balaban J connectivity index is 1.71. The van der Waals surface area contributed by atoms with Crippen LogP contribution in [0.4, 0.5) is 0 Å². The summed E-state index contributed by atoms with van der Waals surface area (Å²) in [6.07, 6.45) is 0. The molecule has 3 aromatic rings. The van der Waals surface area contributed by atoms with Gasteiger partial charge in [-0.25, -0.2) is 4.68 Å². The van der Waals surface area contributed by atoms with E-state index in [1.165, 1.54) is 10.7 Å². The summed E-state index contributed by atoms with van der Waals surface area (Å²) in [5, 5.41) is 4.41. The van der Waals surface area contributed by atoms with Crippen molar-refractivity contribution in [1.82, 2.24) is 9.78 Å². The maximum atomic E-state index is 11.9. The molecular formula is C18H15BrN2O2. The SMILES string of the molecule is O=c1ccc(-c2ccccc2)nn1CCOc1cccc(Br)c1. The number of hydrogen-bond acceptors (Lipinski definition) is 3. The molecule has 4 nitrogen and oxygen atoms in total. The maximum Gasteiger partial charge on any atom is 0.266 e. The van der Waals surface area contributed by atoms with Crippen LogP contribution in [0, 0.1) is 0 Å². The zero-order valence-electron chi connectivity index (χ0n) is 12.4. The Kier molecular flexibility index (Phi) is 4.88. The molecule has 0 aliphatic carbocycles. The van der Waals surface area contributed by atoms with Gasteiger partial charge in [0, 0.05) is 16.1 Å². The number of ether oxygens (including phenoxy) is 1. The van der Waals surface area contributed by atoms with Crippen LogP contribution in [0.2, 0.25) is 0 Å². The van der Waals surface area contributed by atoms with Crippen LogP contribution in [-0.4, -0.2) is 16.4 Å². The molecule has 0 bridgehead atoms. The van der Waals surface area contributed by atoms with Gasteiger partial charge < -0.3 is 4.74 Å². The molecule has 0 fully saturated rings. The van der Waals surface area contributed by atoms with Crippen molar-refractivity contribution in [3.8, 4) is 17.0 Å². The molecule has 0 unspecified atom stereocenters. The number of aromatic nitrogens is 2. The number of hydrogen-bond donors (Lipinski definition) is 0. The third-order valence-corrected chi connectivity index (χ3v) is 3.80. The zero-order chi connectivity index (χ0) is 16.1. The van der Waals surface area contributed by atoms with Gasteiger partial charge in [0.2, 0.25) is 0 Å². The molecule has 1 heterocycles. The molecule has 0 N–H and O–H groups in total. The second kappa shape index (κ2) is 7.24. The molecule has 23 heavy (non-hydrogen) atoms. The van der Waals surface area contributed by atoms with Crippen LogP contribution in [0.25, 0.3) is 11.3 Å². The van der Waals surface area contributed by atoms with E-state index in [1.807, 2.05) is 54.6 Å².